The number of para-hydroxylation sites is 1. The van der Waals surface area contributed by atoms with Gasteiger partial charge < -0.3 is 20.4 Å². The molecule has 1 aromatic heterocycles. The summed E-state index contributed by atoms with van der Waals surface area (Å²) in [6.45, 7) is 3.82. The lowest BCUT2D eigenvalue weighted by Gasteiger charge is -2.38. The number of aromatic nitrogens is 2. The number of anilines is 2. The SMILES string of the molecule is CC(=O)Nc1cccc(C(=O)O)c1N1CCN(CC(O)Cn2nc(-c3ccc(C(F)(F)F)cc3)c3c2CCN(S(C)(=O)=O)C3)CC1. The summed E-state index contributed by atoms with van der Waals surface area (Å²) in [5, 5.41) is 28.2. The number of alkyl halides is 3. The number of hydrogen-bond donors (Lipinski definition) is 3. The number of aliphatic hydroxyl groups is 1. The molecule has 1 fully saturated rings. The van der Waals surface area contributed by atoms with E-state index in [9.17, 15) is 41.4 Å². The van der Waals surface area contributed by atoms with Crippen LogP contribution >= 0.6 is 0 Å². The molecular weight excluding hydrogens is 629 g/mol. The third-order valence-corrected chi connectivity index (χ3v) is 9.42. The lowest BCUT2D eigenvalue weighted by Crippen LogP contribution is -2.49. The van der Waals surface area contributed by atoms with Gasteiger partial charge in [-0.15, -0.1) is 0 Å². The molecule has 12 nitrogen and oxygen atoms in total. The van der Waals surface area contributed by atoms with Crippen molar-refractivity contribution in [1.82, 2.24) is 19.0 Å². The van der Waals surface area contributed by atoms with Gasteiger partial charge in [-0.25, -0.2) is 13.2 Å². The van der Waals surface area contributed by atoms with Crippen molar-refractivity contribution in [1.29, 1.82) is 0 Å². The van der Waals surface area contributed by atoms with Gasteiger partial charge in [0.1, 0.15) is 0 Å². The Morgan fingerprint density at radius 3 is 2.28 bits per heavy atom. The molecule has 248 valence electrons. The van der Waals surface area contributed by atoms with Crippen LogP contribution in [-0.2, 0) is 40.5 Å². The van der Waals surface area contributed by atoms with Crippen molar-refractivity contribution in [2.45, 2.75) is 38.7 Å². The van der Waals surface area contributed by atoms with E-state index in [0.717, 1.165) is 24.1 Å². The molecule has 5 rings (SSSR count). The number of rotatable bonds is 9. The number of amides is 1. The number of piperazine rings is 1. The van der Waals surface area contributed by atoms with E-state index in [2.05, 4.69) is 10.4 Å². The average molecular weight is 665 g/mol. The van der Waals surface area contributed by atoms with E-state index in [0.29, 0.717) is 60.8 Å². The van der Waals surface area contributed by atoms with Gasteiger partial charge in [0.05, 0.1) is 47.1 Å². The molecule has 0 spiro atoms. The number of aromatic carboxylic acids is 1. The van der Waals surface area contributed by atoms with Crippen molar-refractivity contribution in [3.63, 3.8) is 0 Å². The first-order valence-electron chi connectivity index (χ1n) is 14.6. The molecule has 1 unspecified atom stereocenters. The zero-order valence-electron chi connectivity index (χ0n) is 25.3. The molecule has 3 N–H and O–H groups in total. The molecule has 1 atom stereocenters. The summed E-state index contributed by atoms with van der Waals surface area (Å²) in [5.74, 6) is -1.44. The van der Waals surface area contributed by atoms with Crippen LogP contribution in [0.1, 0.15) is 34.1 Å². The summed E-state index contributed by atoms with van der Waals surface area (Å²) in [6.07, 6.45) is -3.97. The smallest absolute Gasteiger partial charge is 0.416 e. The molecule has 16 heteroatoms. The van der Waals surface area contributed by atoms with Gasteiger partial charge in [0.25, 0.3) is 0 Å². The van der Waals surface area contributed by atoms with E-state index >= 15 is 0 Å². The lowest BCUT2D eigenvalue weighted by atomic mass is 10.0. The predicted octanol–water partition coefficient (Wildman–Crippen LogP) is 2.73. The van der Waals surface area contributed by atoms with Gasteiger partial charge >= 0.3 is 12.1 Å². The topological polar surface area (TPSA) is 148 Å². The van der Waals surface area contributed by atoms with Crippen molar-refractivity contribution in [3.8, 4) is 11.3 Å². The standard InChI is InChI=1S/C30H35F3N6O6S/c1-19(40)34-25-5-3-4-23(29(42)43)28(25)37-14-12-36(13-15-37)16-22(41)17-39-26-10-11-38(46(2,44)45)18-24(26)27(35-39)20-6-8-21(9-7-20)30(31,32)33/h3-9,22,41H,10-18H2,1-2H3,(H,34,40)(H,42,43). The molecule has 2 aliphatic rings. The van der Waals surface area contributed by atoms with E-state index < -0.39 is 33.8 Å². The summed E-state index contributed by atoms with van der Waals surface area (Å²) in [7, 11) is -3.53. The van der Waals surface area contributed by atoms with Gasteiger partial charge in [-0.05, 0) is 24.3 Å². The number of hydrogen-bond acceptors (Lipinski definition) is 8. The third-order valence-electron chi connectivity index (χ3n) is 8.17. The van der Waals surface area contributed by atoms with Gasteiger partial charge in [-0.3, -0.25) is 14.4 Å². The van der Waals surface area contributed by atoms with Crippen LogP contribution in [0.3, 0.4) is 0 Å². The fraction of sp³-hybridized carbons (Fsp3) is 0.433. The summed E-state index contributed by atoms with van der Waals surface area (Å²) in [5.41, 5.74) is 2.17. The van der Waals surface area contributed by atoms with Crippen LogP contribution in [0.4, 0.5) is 24.5 Å². The molecule has 1 saturated heterocycles. The van der Waals surface area contributed by atoms with Crippen molar-refractivity contribution in [2.24, 2.45) is 0 Å². The maximum Gasteiger partial charge on any atom is 0.416 e. The van der Waals surface area contributed by atoms with Crippen LogP contribution in [-0.4, -0.2) is 101 Å². The number of carbonyl (C=O) groups is 2. The van der Waals surface area contributed by atoms with Gasteiger partial charge in [0, 0.05) is 76.0 Å². The van der Waals surface area contributed by atoms with Crippen molar-refractivity contribution < 1.29 is 41.4 Å². The Morgan fingerprint density at radius 2 is 1.70 bits per heavy atom. The van der Waals surface area contributed by atoms with E-state index in [4.69, 9.17) is 0 Å². The van der Waals surface area contributed by atoms with Crippen LogP contribution in [0, 0.1) is 0 Å². The Balaban J connectivity index is 1.31. The zero-order valence-corrected chi connectivity index (χ0v) is 26.1. The van der Waals surface area contributed by atoms with Crippen molar-refractivity contribution in [2.75, 3.05) is 55.7 Å². The first-order valence-corrected chi connectivity index (χ1v) is 16.5. The highest BCUT2D eigenvalue weighted by atomic mass is 32.2. The highest BCUT2D eigenvalue weighted by Crippen LogP contribution is 2.35. The minimum absolute atomic E-state index is 0.0147. The Hall–Kier alpha value is -3.99. The highest BCUT2D eigenvalue weighted by Gasteiger charge is 2.33. The summed E-state index contributed by atoms with van der Waals surface area (Å²) in [4.78, 5) is 27.6. The molecule has 3 heterocycles. The molecule has 2 aliphatic heterocycles. The number of carbonyl (C=O) groups excluding carboxylic acids is 1. The van der Waals surface area contributed by atoms with E-state index in [1.165, 1.54) is 29.4 Å². The second kappa shape index (κ2) is 13.0. The molecule has 1 amide bonds. The van der Waals surface area contributed by atoms with Crippen molar-refractivity contribution >= 4 is 33.3 Å². The Morgan fingerprint density at radius 1 is 1.02 bits per heavy atom. The number of sulfonamides is 1. The number of nitrogens with one attached hydrogen (secondary N) is 1. The number of fused-ring (bicyclic) bond motifs is 1. The third kappa shape index (κ3) is 7.35. The van der Waals surface area contributed by atoms with Crippen molar-refractivity contribution in [3.05, 3.63) is 64.8 Å². The maximum absolute atomic E-state index is 13.2. The highest BCUT2D eigenvalue weighted by molar-refractivity contribution is 7.88. The van der Waals surface area contributed by atoms with E-state index in [1.807, 2.05) is 9.80 Å². The van der Waals surface area contributed by atoms with Crippen LogP contribution < -0.4 is 10.2 Å². The zero-order chi connectivity index (χ0) is 33.4. The Labute approximate surface area is 264 Å². The first-order chi connectivity index (χ1) is 21.6. The summed E-state index contributed by atoms with van der Waals surface area (Å²) >= 11 is 0. The monoisotopic (exact) mass is 664 g/mol. The summed E-state index contributed by atoms with van der Waals surface area (Å²) in [6, 6.07) is 9.24. The minimum atomic E-state index is -4.51. The normalized spacial score (nSPS) is 17.0. The van der Waals surface area contributed by atoms with Crippen LogP contribution in [0.5, 0.6) is 0 Å². The molecule has 3 aromatic rings. The van der Waals surface area contributed by atoms with Crippen LogP contribution in [0.2, 0.25) is 0 Å². The molecular formula is C30H35F3N6O6S. The number of halogens is 3. The minimum Gasteiger partial charge on any atom is -0.478 e. The fourth-order valence-corrected chi connectivity index (χ4v) is 6.79. The summed E-state index contributed by atoms with van der Waals surface area (Å²) < 4.78 is 67.1. The lowest BCUT2D eigenvalue weighted by molar-refractivity contribution is -0.137. The Bertz CT molecular complexity index is 1720. The van der Waals surface area contributed by atoms with Gasteiger partial charge in [-0.1, -0.05) is 18.2 Å². The molecule has 46 heavy (non-hydrogen) atoms. The molecule has 0 bridgehead atoms. The average Bonchev–Trinajstić information content (AvgIpc) is 3.33. The number of carboxylic acid groups (broad SMARTS) is 1. The van der Waals surface area contributed by atoms with E-state index in [-0.39, 0.29) is 37.6 Å². The van der Waals surface area contributed by atoms with Crippen LogP contribution in [0.25, 0.3) is 11.3 Å². The number of carboxylic acids is 1. The molecule has 0 aliphatic carbocycles. The first kappa shape index (κ1) is 33.4. The fourth-order valence-electron chi connectivity index (χ4n) is 6.01. The molecule has 2 aromatic carbocycles. The Kier molecular flexibility index (Phi) is 9.45. The van der Waals surface area contributed by atoms with Gasteiger partial charge in [-0.2, -0.15) is 22.6 Å². The second-order valence-electron chi connectivity index (χ2n) is 11.5. The second-order valence-corrected chi connectivity index (χ2v) is 13.5. The number of aliphatic hydroxyl groups excluding tert-OH is 1. The quantitative estimate of drug-likeness (QED) is 0.314. The number of benzene rings is 2. The largest absolute Gasteiger partial charge is 0.478 e. The molecule has 0 radical (unpaired) electrons. The van der Waals surface area contributed by atoms with Gasteiger partial charge in [0.2, 0.25) is 15.9 Å². The van der Waals surface area contributed by atoms with E-state index in [1.54, 1.807) is 16.8 Å². The maximum atomic E-state index is 13.2. The van der Waals surface area contributed by atoms with Gasteiger partial charge in [0.15, 0.2) is 0 Å². The predicted molar refractivity (Wildman–Crippen MR) is 164 cm³/mol. The van der Waals surface area contributed by atoms with Crippen LogP contribution in [0.15, 0.2) is 42.5 Å². The number of nitrogens with zero attached hydrogens (tertiary/aromatic N) is 5. The number of β-amino-alcohol motifs (C(OH)–C–C–N with tert-alkyl or cyclic N) is 1. The molecule has 0 saturated carbocycles.